The second-order valence-corrected chi connectivity index (χ2v) is 11.9. The van der Waals surface area contributed by atoms with E-state index in [2.05, 4.69) is 26.1 Å². The molecule has 0 bridgehead atoms. The molecule has 0 spiro atoms. The van der Waals surface area contributed by atoms with Crippen LogP contribution in [-0.4, -0.2) is 33.5 Å². The van der Waals surface area contributed by atoms with Crippen LogP contribution in [0, 0.1) is 16.7 Å². The van der Waals surface area contributed by atoms with Crippen LogP contribution >= 0.6 is 0 Å². The fraction of sp³-hybridized carbons (Fsp3) is 0.630. The molecule has 1 fully saturated rings. The van der Waals surface area contributed by atoms with E-state index in [9.17, 15) is 15.0 Å². The molecule has 6 nitrogen and oxygen atoms in total. The van der Waals surface area contributed by atoms with Crippen molar-refractivity contribution < 1.29 is 19.7 Å². The number of rotatable bonds is 5. The first-order valence-corrected chi connectivity index (χ1v) is 12.0. The highest BCUT2D eigenvalue weighted by Gasteiger charge is 2.43. The number of fused-ring (bicyclic) bond motifs is 1. The number of hydrogen-bond donors (Lipinski definition) is 3. The average molecular weight is 457 g/mol. The Bertz CT molecular complexity index is 984. The Kier molecular flexibility index (Phi) is 6.99. The Labute approximate surface area is 197 Å². The summed E-state index contributed by atoms with van der Waals surface area (Å²) >= 11 is 0. The van der Waals surface area contributed by atoms with Crippen LogP contribution < -0.4 is 10.1 Å². The lowest BCUT2D eigenvalue weighted by molar-refractivity contribution is -0.0143. The Hall–Kier alpha value is -2.34. The van der Waals surface area contributed by atoms with Gasteiger partial charge in [0.1, 0.15) is 6.10 Å². The number of aromatic nitrogens is 1. The average Bonchev–Trinajstić information content (AvgIpc) is 2.71. The third-order valence-corrected chi connectivity index (χ3v) is 7.18. The monoisotopic (exact) mass is 456 g/mol. The van der Waals surface area contributed by atoms with Crippen LogP contribution in [-0.2, 0) is 5.54 Å². The van der Waals surface area contributed by atoms with E-state index in [4.69, 9.17) is 9.72 Å². The number of carbonyl (C=O) groups is 1. The summed E-state index contributed by atoms with van der Waals surface area (Å²) in [6.07, 6.45) is 2.53. The van der Waals surface area contributed by atoms with E-state index in [0.717, 1.165) is 29.7 Å². The molecule has 0 aliphatic heterocycles. The summed E-state index contributed by atoms with van der Waals surface area (Å²) in [6.45, 7) is 14.3. The molecule has 1 heterocycles. The highest BCUT2D eigenvalue weighted by Crippen LogP contribution is 2.39. The predicted molar refractivity (Wildman–Crippen MR) is 132 cm³/mol. The third kappa shape index (κ3) is 5.78. The van der Waals surface area contributed by atoms with Gasteiger partial charge in [0, 0.05) is 11.5 Å². The molecule has 2 aromatic rings. The van der Waals surface area contributed by atoms with Crippen LogP contribution in [0.15, 0.2) is 30.3 Å². The zero-order chi connectivity index (χ0) is 24.6. The van der Waals surface area contributed by atoms with E-state index in [0.29, 0.717) is 16.9 Å². The van der Waals surface area contributed by atoms with Crippen LogP contribution in [0.25, 0.3) is 10.9 Å². The Morgan fingerprint density at radius 2 is 1.67 bits per heavy atom. The van der Waals surface area contributed by atoms with Gasteiger partial charge in [0.05, 0.1) is 17.2 Å². The van der Waals surface area contributed by atoms with Gasteiger partial charge in [-0.3, -0.25) is 0 Å². The summed E-state index contributed by atoms with van der Waals surface area (Å²) in [5.41, 5.74) is 0.125. The van der Waals surface area contributed by atoms with E-state index >= 15 is 0 Å². The molecule has 1 amide bonds. The van der Waals surface area contributed by atoms with Gasteiger partial charge in [-0.2, -0.15) is 0 Å². The molecule has 1 saturated carbocycles. The van der Waals surface area contributed by atoms with Gasteiger partial charge in [-0.15, -0.1) is 0 Å². The highest BCUT2D eigenvalue weighted by molar-refractivity contribution is 5.80. The number of ether oxygens (including phenoxy) is 1. The molecule has 1 aliphatic rings. The summed E-state index contributed by atoms with van der Waals surface area (Å²) in [6, 6.07) is 9.42. The van der Waals surface area contributed by atoms with Gasteiger partial charge in [-0.1, -0.05) is 47.6 Å². The molecular weight excluding hydrogens is 416 g/mol. The second-order valence-electron chi connectivity index (χ2n) is 11.9. The lowest BCUT2D eigenvalue weighted by Crippen LogP contribution is -2.55. The molecule has 0 radical (unpaired) electrons. The minimum atomic E-state index is -1.18. The molecular formula is C27H40N2O4. The van der Waals surface area contributed by atoms with Gasteiger partial charge >= 0.3 is 6.09 Å². The van der Waals surface area contributed by atoms with Crippen molar-refractivity contribution >= 4 is 17.0 Å². The first kappa shape index (κ1) is 25.3. The molecule has 3 N–H and O–H groups in total. The highest BCUT2D eigenvalue weighted by atomic mass is 16.5. The quantitative estimate of drug-likeness (QED) is 0.505. The SMILES string of the molecule is CC(C)(C)C1CCC(Oc2ccc3cc(C(C)(NC(=O)O)C(O)C(C)(C)C)ccc3n2)CC1. The maximum Gasteiger partial charge on any atom is 0.405 e. The number of amides is 1. The Morgan fingerprint density at radius 1 is 1.03 bits per heavy atom. The van der Waals surface area contributed by atoms with Crippen molar-refractivity contribution in [1.82, 2.24) is 10.3 Å². The van der Waals surface area contributed by atoms with Gasteiger partial charge < -0.3 is 20.3 Å². The molecule has 182 valence electrons. The van der Waals surface area contributed by atoms with Gasteiger partial charge in [0.2, 0.25) is 5.88 Å². The van der Waals surface area contributed by atoms with Gasteiger partial charge in [-0.25, -0.2) is 9.78 Å². The number of aliphatic hydroxyl groups is 1. The van der Waals surface area contributed by atoms with Crippen molar-refractivity contribution in [3.05, 3.63) is 35.9 Å². The number of hydrogen-bond acceptors (Lipinski definition) is 4. The van der Waals surface area contributed by atoms with Crippen LogP contribution in [0.1, 0.15) is 79.7 Å². The molecule has 1 aromatic heterocycles. The van der Waals surface area contributed by atoms with Gasteiger partial charge in [-0.05, 0) is 73.1 Å². The van der Waals surface area contributed by atoms with E-state index in [1.54, 1.807) is 6.92 Å². The van der Waals surface area contributed by atoms with E-state index in [1.807, 2.05) is 51.1 Å². The number of nitrogens with zero attached hydrogens (tertiary/aromatic N) is 1. The molecule has 1 aromatic carbocycles. The number of pyridine rings is 1. The van der Waals surface area contributed by atoms with Crippen molar-refractivity contribution in [3.8, 4) is 5.88 Å². The van der Waals surface area contributed by atoms with Crippen LogP contribution in [0.5, 0.6) is 5.88 Å². The third-order valence-electron chi connectivity index (χ3n) is 7.18. The normalized spacial score (nSPS) is 22.4. The molecule has 2 unspecified atom stereocenters. The first-order valence-electron chi connectivity index (χ1n) is 12.0. The summed E-state index contributed by atoms with van der Waals surface area (Å²) in [4.78, 5) is 16.2. The summed E-state index contributed by atoms with van der Waals surface area (Å²) in [7, 11) is 0. The summed E-state index contributed by atoms with van der Waals surface area (Å²) in [5, 5.41) is 23.9. The Balaban J connectivity index is 1.81. The summed E-state index contributed by atoms with van der Waals surface area (Å²) < 4.78 is 6.22. The standard InChI is InChI=1S/C27H40N2O4/c1-25(2,3)18-9-12-20(13-10-18)33-22-15-8-17-16-19(11-14-21(17)28-22)27(7,29-24(31)32)23(30)26(4,5)6/h8,11,14-16,18,20,23,29-30H,9-10,12-13H2,1-7H3,(H,31,32). The van der Waals surface area contributed by atoms with Crippen molar-refractivity contribution in [3.63, 3.8) is 0 Å². The van der Waals surface area contributed by atoms with Crippen LogP contribution in [0.4, 0.5) is 4.79 Å². The smallest absolute Gasteiger partial charge is 0.405 e. The predicted octanol–water partition coefficient (Wildman–Crippen LogP) is 6.11. The maximum absolute atomic E-state index is 11.5. The Morgan fingerprint density at radius 3 is 2.21 bits per heavy atom. The largest absolute Gasteiger partial charge is 0.474 e. The van der Waals surface area contributed by atoms with Crippen molar-refractivity contribution in [2.45, 2.75) is 91.9 Å². The lowest BCUT2D eigenvalue weighted by Gasteiger charge is -2.41. The number of benzene rings is 1. The zero-order valence-corrected chi connectivity index (χ0v) is 21.1. The molecule has 1 aliphatic carbocycles. The minimum absolute atomic E-state index is 0.192. The van der Waals surface area contributed by atoms with Crippen molar-refractivity contribution in [1.29, 1.82) is 0 Å². The fourth-order valence-electron chi connectivity index (χ4n) is 5.10. The number of aliphatic hydroxyl groups excluding tert-OH is 1. The number of nitrogens with one attached hydrogen (secondary N) is 1. The van der Waals surface area contributed by atoms with Crippen molar-refractivity contribution in [2.75, 3.05) is 0 Å². The molecule has 33 heavy (non-hydrogen) atoms. The maximum atomic E-state index is 11.5. The molecule has 2 atom stereocenters. The molecule has 6 heteroatoms. The summed E-state index contributed by atoms with van der Waals surface area (Å²) in [5.74, 6) is 1.35. The van der Waals surface area contributed by atoms with Gasteiger partial charge in [0.15, 0.2) is 0 Å². The topological polar surface area (TPSA) is 91.7 Å². The van der Waals surface area contributed by atoms with Crippen molar-refractivity contribution in [2.24, 2.45) is 16.7 Å². The van der Waals surface area contributed by atoms with Gasteiger partial charge in [0.25, 0.3) is 0 Å². The molecule has 0 saturated heterocycles. The lowest BCUT2D eigenvalue weighted by atomic mass is 9.72. The fourth-order valence-corrected chi connectivity index (χ4v) is 5.10. The van der Waals surface area contributed by atoms with Crippen LogP contribution in [0.2, 0.25) is 0 Å². The zero-order valence-electron chi connectivity index (χ0n) is 21.1. The minimum Gasteiger partial charge on any atom is -0.474 e. The number of carboxylic acid groups (broad SMARTS) is 1. The molecule has 3 rings (SSSR count). The van der Waals surface area contributed by atoms with Crippen LogP contribution in [0.3, 0.4) is 0 Å². The van der Waals surface area contributed by atoms with E-state index in [1.165, 1.54) is 12.8 Å². The first-order chi connectivity index (χ1) is 15.2. The second kappa shape index (κ2) is 9.13. The van der Waals surface area contributed by atoms with E-state index < -0.39 is 23.2 Å². The van der Waals surface area contributed by atoms with E-state index in [-0.39, 0.29) is 6.10 Å².